The van der Waals surface area contributed by atoms with Crippen LogP contribution in [-0.4, -0.2) is 23.1 Å². The lowest BCUT2D eigenvalue weighted by atomic mass is 10.3. The standard InChI is InChI=1S/C6H10O4/c1-3-5(6(8)9)10-4(2)7/h5H,3H2,1-2H3,(H,8,9). The van der Waals surface area contributed by atoms with Gasteiger partial charge in [-0.05, 0) is 6.42 Å². The fraction of sp³-hybridized carbons (Fsp3) is 0.667. The van der Waals surface area contributed by atoms with Gasteiger partial charge in [0.15, 0.2) is 6.10 Å². The van der Waals surface area contributed by atoms with E-state index in [-0.39, 0.29) is 0 Å². The second kappa shape index (κ2) is 3.87. The predicted molar refractivity (Wildman–Crippen MR) is 33.5 cm³/mol. The first-order valence-electron chi connectivity index (χ1n) is 2.98. The number of carbonyl (C=O) groups excluding carboxylic acids is 1. The van der Waals surface area contributed by atoms with Crippen LogP contribution in [0.3, 0.4) is 0 Å². The monoisotopic (exact) mass is 146 g/mol. The summed E-state index contributed by atoms with van der Waals surface area (Å²) < 4.78 is 4.42. The highest BCUT2D eigenvalue weighted by Gasteiger charge is 2.16. The molecular formula is C6H10O4. The van der Waals surface area contributed by atoms with E-state index in [0.29, 0.717) is 6.42 Å². The van der Waals surface area contributed by atoms with E-state index in [9.17, 15) is 9.59 Å². The number of aliphatic carboxylic acids is 1. The lowest BCUT2D eigenvalue weighted by Gasteiger charge is -2.08. The number of carboxylic acid groups (broad SMARTS) is 1. The van der Waals surface area contributed by atoms with Crippen LogP contribution in [0.1, 0.15) is 20.3 Å². The molecule has 0 saturated carbocycles. The van der Waals surface area contributed by atoms with Crippen molar-refractivity contribution in [2.75, 3.05) is 0 Å². The molecule has 0 amide bonds. The minimum absolute atomic E-state index is 0.301. The van der Waals surface area contributed by atoms with Crippen molar-refractivity contribution in [3.63, 3.8) is 0 Å². The molecule has 0 aromatic rings. The van der Waals surface area contributed by atoms with Gasteiger partial charge in [0.05, 0.1) is 0 Å². The van der Waals surface area contributed by atoms with Gasteiger partial charge in [-0.2, -0.15) is 0 Å². The van der Waals surface area contributed by atoms with E-state index in [1.165, 1.54) is 6.92 Å². The summed E-state index contributed by atoms with van der Waals surface area (Å²) in [7, 11) is 0. The zero-order valence-electron chi connectivity index (χ0n) is 5.96. The SMILES string of the molecule is CCC(OC(C)=O)C(=O)O. The van der Waals surface area contributed by atoms with E-state index in [1.54, 1.807) is 6.92 Å². The molecule has 10 heavy (non-hydrogen) atoms. The Kier molecular flexibility index (Phi) is 3.46. The Morgan fingerprint density at radius 3 is 2.20 bits per heavy atom. The van der Waals surface area contributed by atoms with E-state index in [4.69, 9.17) is 5.11 Å². The number of carbonyl (C=O) groups is 2. The highest BCUT2D eigenvalue weighted by Crippen LogP contribution is 1.97. The van der Waals surface area contributed by atoms with Gasteiger partial charge < -0.3 is 9.84 Å². The van der Waals surface area contributed by atoms with Crippen molar-refractivity contribution < 1.29 is 19.4 Å². The molecule has 4 heteroatoms. The largest absolute Gasteiger partial charge is 0.479 e. The summed E-state index contributed by atoms with van der Waals surface area (Å²) in [5.41, 5.74) is 0. The third-order valence-corrected chi connectivity index (χ3v) is 0.954. The zero-order valence-corrected chi connectivity index (χ0v) is 5.96. The maximum absolute atomic E-state index is 10.2. The number of carboxylic acids is 1. The summed E-state index contributed by atoms with van der Waals surface area (Å²) in [4.78, 5) is 20.4. The number of rotatable bonds is 3. The first kappa shape index (κ1) is 8.94. The normalized spacial score (nSPS) is 12.2. The Morgan fingerprint density at radius 1 is 1.60 bits per heavy atom. The molecule has 0 spiro atoms. The molecule has 1 unspecified atom stereocenters. The molecule has 58 valence electrons. The second-order valence-corrected chi connectivity index (χ2v) is 1.84. The summed E-state index contributed by atoms with van der Waals surface area (Å²) >= 11 is 0. The van der Waals surface area contributed by atoms with Crippen molar-refractivity contribution in [2.45, 2.75) is 26.4 Å². The third-order valence-electron chi connectivity index (χ3n) is 0.954. The van der Waals surface area contributed by atoms with Crippen molar-refractivity contribution >= 4 is 11.9 Å². The van der Waals surface area contributed by atoms with Crippen LogP contribution in [0, 0.1) is 0 Å². The van der Waals surface area contributed by atoms with Crippen molar-refractivity contribution in [3.8, 4) is 0 Å². The maximum Gasteiger partial charge on any atom is 0.345 e. The first-order chi connectivity index (χ1) is 4.57. The number of ether oxygens (including phenoxy) is 1. The summed E-state index contributed by atoms with van der Waals surface area (Å²) in [6.07, 6.45) is -0.688. The Morgan fingerprint density at radius 2 is 2.10 bits per heavy atom. The van der Waals surface area contributed by atoms with Gasteiger partial charge in [0.25, 0.3) is 0 Å². The molecule has 0 bridgehead atoms. The van der Waals surface area contributed by atoms with Crippen LogP contribution in [-0.2, 0) is 14.3 Å². The van der Waals surface area contributed by atoms with Crippen LogP contribution in [0.25, 0.3) is 0 Å². The lowest BCUT2D eigenvalue weighted by molar-refractivity contribution is -0.162. The zero-order chi connectivity index (χ0) is 8.15. The van der Waals surface area contributed by atoms with Gasteiger partial charge in [0.2, 0.25) is 0 Å². The van der Waals surface area contributed by atoms with E-state index >= 15 is 0 Å². The average Bonchev–Trinajstić information content (AvgIpc) is 1.81. The second-order valence-electron chi connectivity index (χ2n) is 1.84. The highest BCUT2D eigenvalue weighted by atomic mass is 16.6. The summed E-state index contributed by atoms with van der Waals surface area (Å²) in [5, 5.41) is 8.34. The summed E-state index contributed by atoms with van der Waals surface area (Å²) in [5.74, 6) is -1.66. The highest BCUT2D eigenvalue weighted by molar-refractivity contribution is 5.76. The summed E-state index contributed by atoms with van der Waals surface area (Å²) in [6, 6.07) is 0. The molecule has 0 aliphatic rings. The van der Waals surface area contributed by atoms with Gasteiger partial charge >= 0.3 is 11.9 Å². The van der Waals surface area contributed by atoms with Crippen molar-refractivity contribution in [1.82, 2.24) is 0 Å². The summed E-state index contributed by atoms with van der Waals surface area (Å²) in [6.45, 7) is 2.83. The molecule has 0 radical (unpaired) electrons. The Bertz CT molecular complexity index is 141. The molecule has 0 aliphatic carbocycles. The van der Waals surface area contributed by atoms with Crippen molar-refractivity contribution in [3.05, 3.63) is 0 Å². The lowest BCUT2D eigenvalue weighted by Crippen LogP contribution is -2.24. The molecular weight excluding hydrogens is 136 g/mol. The molecule has 0 aromatic heterocycles. The Labute approximate surface area is 58.8 Å². The molecule has 0 heterocycles. The molecule has 0 saturated heterocycles. The fourth-order valence-electron chi connectivity index (χ4n) is 0.509. The molecule has 0 fully saturated rings. The molecule has 0 rings (SSSR count). The number of esters is 1. The van der Waals surface area contributed by atoms with Gasteiger partial charge in [-0.15, -0.1) is 0 Å². The van der Waals surface area contributed by atoms with E-state index in [0.717, 1.165) is 0 Å². The van der Waals surface area contributed by atoms with Gasteiger partial charge in [-0.25, -0.2) is 4.79 Å². The van der Waals surface area contributed by atoms with Crippen molar-refractivity contribution in [1.29, 1.82) is 0 Å². The van der Waals surface area contributed by atoms with Gasteiger partial charge in [-0.1, -0.05) is 6.92 Å². The first-order valence-corrected chi connectivity index (χ1v) is 2.98. The average molecular weight is 146 g/mol. The smallest absolute Gasteiger partial charge is 0.345 e. The van der Waals surface area contributed by atoms with Crippen LogP contribution in [0.2, 0.25) is 0 Å². The van der Waals surface area contributed by atoms with Gasteiger partial charge in [0.1, 0.15) is 0 Å². The molecule has 0 aliphatic heterocycles. The van der Waals surface area contributed by atoms with Crippen LogP contribution < -0.4 is 0 Å². The molecule has 4 nitrogen and oxygen atoms in total. The Hall–Kier alpha value is -1.06. The quantitative estimate of drug-likeness (QED) is 0.586. The van der Waals surface area contributed by atoms with Crippen LogP contribution in [0.5, 0.6) is 0 Å². The molecule has 0 aromatic carbocycles. The van der Waals surface area contributed by atoms with Gasteiger partial charge in [-0.3, -0.25) is 4.79 Å². The van der Waals surface area contributed by atoms with E-state index < -0.39 is 18.0 Å². The third kappa shape index (κ3) is 3.06. The fourth-order valence-corrected chi connectivity index (χ4v) is 0.509. The number of hydrogen-bond acceptors (Lipinski definition) is 3. The molecule has 1 atom stereocenters. The maximum atomic E-state index is 10.2. The van der Waals surface area contributed by atoms with Crippen LogP contribution in [0.4, 0.5) is 0 Å². The topological polar surface area (TPSA) is 63.6 Å². The molecule has 1 N–H and O–H groups in total. The van der Waals surface area contributed by atoms with Crippen molar-refractivity contribution in [2.24, 2.45) is 0 Å². The minimum atomic E-state index is -1.10. The number of hydrogen-bond donors (Lipinski definition) is 1. The Balaban J connectivity index is 3.83. The van der Waals surface area contributed by atoms with Gasteiger partial charge in [0, 0.05) is 6.92 Å². The minimum Gasteiger partial charge on any atom is -0.479 e. The van der Waals surface area contributed by atoms with E-state index in [1.807, 2.05) is 0 Å². The van der Waals surface area contributed by atoms with Crippen LogP contribution >= 0.6 is 0 Å². The predicted octanol–water partition coefficient (Wildman–Crippen LogP) is 0.413. The van der Waals surface area contributed by atoms with Crippen LogP contribution in [0.15, 0.2) is 0 Å². The van der Waals surface area contributed by atoms with E-state index in [2.05, 4.69) is 4.74 Å².